The van der Waals surface area contributed by atoms with Crippen molar-refractivity contribution in [2.75, 3.05) is 11.9 Å². The smallest absolute Gasteiger partial charge is 0.387 e. The fourth-order valence-corrected chi connectivity index (χ4v) is 3.22. The van der Waals surface area contributed by atoms with Gasteiger partial charge >= 0.3 is 12.6 Å². The molecule has 3 aromatic rings. The molecule has 0 bridgehead atoms. The van der Waals surface area contributed by atoms with E-state index in [2.05, 4.69) is 20.4 Å². The number of ether oxygens (including phenoxy) is 1. The molecule has 2 aromatic carbocycles. The Labute approximate surface area is 159 Å². The number of nitrogens with one attached hydrogen (secondary N) is 2. The van der Waals surface area contributed by atoms with Gasteiger partial charge in [-0.2, -0.15) is 8.78 Å². The number of hydrogen-bond donors (Lipinski definition) is 2. The van der Waals surface area contributed by atoms with Crippen molar-refractivity contribution in [2.24, 2.45) is 0 Å². The number of halogens is 2. The van der Waals surface area contributed by atoms with Crippen LogP contribution in [0.15, 0.2) is 60.0 Å². The Hall–Kier alpha value is -3.00. The van der Waals surface area contributed by atoms with Crippen LogP contribution in [0, 0.1) is 0 Å². The monoisotopic (exact) mass is 389 g/mol. The molecule has 0 unspecified atom stereocenters. The SMILES string of the molecule is O=C(NCCc1csc(-c2ccccc2)n1)Nc1cccc(OC(F)F)c1. The lowest BCUT2D eigenvalue weighted by Gasteiger charge is -2.09. The number of carbonyl (C=O) groups excluding carboxylic acids is 1. The number of benzene rings is 2. The van der Waals surface area contributed by atoms with E-state index in [1.165, 1.54) is 18.2 Å². The zero-order valence-electron chi connectivity index (χ0n) is 14.2. The molecule has 2 amide bonds. The summed E-state index contributed by atoms with van der Waals surface area (Å²) in [5, 5.41) is 8.20. The zero-order valence-corrected chi connectivity index (χ0v) is 15.0. The van der Waals surface area contributed by atoms with Gasteiger partial charge in [0.15, 0.2) is 0 Å². The molecule has 27 heavy (non-hydrogen) atoms. The molecular formula is C19H17F2N3O2S. The topological polar surface area (TPSA) is 63.2 Å². The van der Waals surface area contributed by atoms with Crippen molar-refractivity contribution < 1.29 is 18.3 Å². The standard InChI is InChI=1S/C19H17F2N3O2S/c20-18(21)26-16-8-4-7-14(11-16)24-19(25)22-10-9-15-12-27-17(23-15)13-5-2-1-3-6-13/h1-8,11-12,18H,9-10H2,(H2,22,24,25). The number of carbonyl (C=O) groups is 1. The number of anilines is 1. The third kappa shape index (κ3) is 5.75. The largest absolute Gasteiger partial charge is 0.435 e. The van der Waals surface area contributed by atoms with Gasteiger partial charge in [0.05, 0.1) is 5.69 Å². The van der Waals surface area contributed by atoms with E-state index in [1.807, 2.05) is 35.7 Å². The summed E-state index contributed by atoms with van der Waals surface area (Å²) in [5.41, 5.74) is 2.32. The lowest BCUT2D eigenvalue weighted by molar-refractivity contribution is -0.0497. The van der Waals surface area contributed by atoms with Gasteiger partial charge in [-0.25, -0.2) is 9.78 Å². The number of alkyl halides is 2. The molecule has 0 fully saturated rings. The second-order valence-corrected chi connectivity index (χ2v) is 6.41. The van der Waals surface area contributed by atoms with Gasteiger partial charge in [-0.1, -0.05) is 36.4 Å². The summed E-state index contributed by atoms with van der Waals surface area (Å²) in [6.45, 7) is -2.51. The van der Waals surface area contributed by atoms with E-state index in [4.69, 9.17) is 0 Å². The Morgan fingerprint density at radius 3 is 2.74 bits per heavy atom. The van der Waals surface area contributed by atoms with Gasteiger partial charge in [0.25, 0.3) is 0 Å². The first-order valence-corrected chi connectivity index (χ1v) is 9.07. The molecule has 0 aliphatic carbocycles. The van der Waals surface area contributed by atoms with Crippen LogP contribution in [0.3, 0.4) is 0 Å². The first-order valence-electron chi connectivity index (χ1n) is 8.20. The fraction of sp³-hybridized carbons (Fsp3) is 0.158. The molecular weight excluding hydrogens is 372 g/mol. The highest BCUT2D eigenvalue weighted by Crippen LogP contribution is 2.23. The maximum Gasteiger partial charge on any atom is 0.387 e. The van der Waals surface area contributed by atoms with Gasteiger partial charge < -0.3 is 15.4 Å². The third-order valence-electron chi connectivity index (χ3n) is 3.56. The van der Waals surface area contributed by atoms with Crippen molar-refractivity contribution in [3.63, 3.8) is 0 Å². The second-order valence-electron chi connectivity index (χ2n) is 5.55. The first kappa shape index (κ1) is 18.8. The highest BCUT2D eigenvalue weighted by atomic mass is 32.1. The number of aromatic nitrogens is 1. The molecule has 0 radical (unpaired) electrons. The van der Waals surface area contributed by atoms with E-state index in [9.17, 15) is 13.6 Å². The zero-order chi connectivity index (χ0) is 19.1. The molecule has 0 atom stereocenters. The van der Waals surface area contributed by atoms with Crippen LogP contribution >= 0.6 is 11.3 Å². The normalized spacial score (nSPS) is 10.6. The van der Waals surface area contributed by atoms with Crippen LogP contribution in [-0.4, -0.2) is 24.2 Å². The van der Waals surface area contributed by atoms with Gasteiger partial charge in [0, 0.05) is 35.7 Å². The Balaban J connectivity index is 1.47. The van der Waals surface area contributed by atoms with E-state index in [0.29, 0.717) is 18.7 Å². The minimum atomic E-state index is -2.91. The van der Waals surface area contributed by atoms with E-state index in [1.54, 1.807) is 17.4 Å². The molecule has 1 aromatic heterocycles. The maximum atomic E-state index is 12.2. The third-order valence-corrected chi connectivity index (χ3v) is 4.50. The number of rotatable bonds is 7. The molecule has 8 heteroatoms. The highest BCUT2D eigenvalue weighted by Gasteiger charge is 2.08. The molecule has 140 valence electrons. The predicted octanol–water partition coefficient (Wildman–Crippen LogP) is 4.78. The molecule has 5 nitrogen and oxygen atoms in total. The van der Waals surface area contributed by atoms with Gasteiger partial charge in [0.2, 0.25) is 0 Å². The van der Waals surface area contributed by atoms with Crippen LogP contribution in [0.25, 0.3) is 10.6 Å². The van der Waals surface area contributed by atoms with Crippen LogP contribution in [-0.2, 0) is 6.42 Å². The van der Waals surface area contributed by atoms with E-state index in [-0.39, 0.29) is 5.75 Å². The average Bonchev–Trinajstić information content (AvgIpc) is 3.11. The summed E-state index contributed by atoms with van der Waals surface area (Å²) in [6.07, 6.45) is 0.589. The lowest BCUT2D eigenvalue weighted by atomic mass is 10.2. The Kier molecular flexibility index (Phi) is 6.32. The van der Waals surface area contributed by atoms with Crippen LogP contribution in [0.2, 0.25) is 0 Å². The number of nitrogens with zero attached hydrogens (tertiary/aromatic N) is 1. The summed E-state index contributed by atoms with van der Waals surface area (Å²) in [4.78, 5) is 16.5. The van der Waals surface area contributed by atoms with Gasteiger partial charge in [0.1, 0.15) is 10.8 Å². The number of urea groups is 1. The van der Waals surface area contributed by atoms with Crippen molar-refractivity contribution in [1.29, 1.82) is 0 Å². The van der Waals surface area contributed by atoms with Crippen molar-refractivity contribution in [3.8, 4) is 16.3 Å². The van der Waals surface area contributed by atoms with Crippen LogP contribution in [0.1, 0.15) is 5.69 Å². The van der Waals surface area contributed by atoms with Crippen LogP contribution in [0.4, 0.5) is 19.3 Å². The first-order chi connectivity index (χ1) is 13.1. The summed E-state index contributed by atoms with van der Waals surface area (Å²) in [7, 11) is 0. The maximum absolute atomic E-state index is 12.2. The lowest BCUT2D eigenvalue weighted by Crippen LogP contribution is -2.30. The molecule has 0 aliphatic heterocycles. The molecule has 3 rings (SSSR count). The average molecular weight is 389 g/mol. The minimum absolute atomic E-state index is 0.0151. The summed E-state index contributed by atoms with van der Waals surface area (Å²) >= 11 is 1.56. The van der Waals surface area contributed by atoms with E-state index < -0.39 is 12.6 Å². The fourth-order valence-electron chi connectivity index (χ4n) is 2.36. The number of amides is 2. The highest BCUT2D eigenvalue weighted by molar-refractivity contribution is 7.13. The predicted molar refractivity (Wildman–Crippen MR) is 101 cm³/mol. The molecule has 0 saturated carbocycles. The summed E-state index contributed by atoms with van der Waals surface area (Å²) in [5.74, 6) is -0.0151. The van der Waals surface area contributed by atoms with Crippen molar-refractivity contribution >= 4 is 23.1 Å². The molecule has 0 aliphatic rings. The molecule has 2 N–H and O–H groups in total. The van der Waals surface area contributed by atoms with Crippen molar-refractivity contribution in [3.05, 3.63) is 65.7 Å². The van der Waals surface area contributed by atoms with Gasteiger partial charge in [-0.05, 0) is 12.1 Å². The number of hydrogen-bond acceptors (Lipinski definition) is 4. The van der Waals surface area contributed by atoms with E-state index in [0.717, 1.165) is 16.3 Å². The Bertz CT molecular complexity index is 887. The summed E-state index contributed by atoms with van der Waals surface area (Å²) in [6, 6.07) is 15.3. The van der Waals surface area contributed by atoms with Crippen LogP contribution < -0.4 is 15.4 Å². The number of thiazole rings is 1. The Morgan fingerprint density at radius 2 is 1.96 bits per heavy atom. The quantitative estimate of drug-likeness (QED) is 0.612. The van der Waals surface area contributed by atoms with Crippen molar-refractivity contribution in [2.45, 2.75) is 13.0 Å². The molecule has 0 saturated heterocycles. The van der Waals surface area contributed by atoms with Crippen molar-refractivity contribution in [1.82, 2.24) is 10.3 Å². The second kappa shape index (κ2) is 9.09. The summed E-state index contributed by atoms with van der Waals surface area (Å²) < 4.78 is 28.8. The minimum Gasteiger partial charge on any atom is -0.435 e. The van der Waals surface area contributed by atoms with Crippen LogP contribution in [0.5, 0.6) is 5.75 Å². The molecule has 0 spiro atoms. The van der Waals surface area contributed by atoms with Gasteiger partial charge in [-0.3, -0.25) is 0 Å². The van der Waals surface area contributed by atoms with Gasteiger partial charge in [-0.15, -0.1) is 11.3 Å². The molecule has 1 heterocycles. The Morgan fingerprint density at radius 1 is 1.15 bits per heavy atom. The van der Waals surface area contributed by atoms with E-state index >= 15 is 0 Å².